The third-order valence-electron chi connectivity index (χ3n) is 2.78. The Labute approximate surface area is 88.5 Å². The SMILES string of the molecule is CC1CC(C)N(C(=O)c2cccs2)C1. The Morgan fingerprint density at radius 2 is 2.36 bits per heavy atom. The first-order valence-corrected chi connectivity index (χ1v) is 5.91. The molecule has 0 N–H and O–H groups in total. The van der Waals surface area contributed by atoms with Crippen molar-refractivity contribution >= 4 is 17.2 Å². The zero-order valence-electron chi connectivity index (χ0n) is 8.56. The highest BCUT2D eigenvalue weighted by atomic mass is 32.1. The van der Waals surface area contributed by atoms with Gasteiger partial charge >= 0.3 is 0 Å². The smallest absolute Gasteiger partial charge is 0.264 e. The van der Waals surface area contributed by atoms with Crippen LogP contribution in [0.2, 0.25) is 0 Å². The lowest BCUT2D eigenvalue weighted by Crippen LogP contribution is -2.33. The molecule has 1 aromatic rings. The van der Waals surface area contributed by atoms with Crippen molar-refractivity contribution in [3.8, 4) is 0 Å². The fourth-order valence-corrected chi connectivity index (χ4v) is 2.80. The predicted molar refractivity (Wildman–Crippen MR) is 58.6 cm³/mol. The molecule has 2 rings (SSSR count). The minimum absolute atomic E-state index is 0.205. The van der Waals surface area contributed by atoms with E-state index in [4.69, 9.17) is 0 Å². The first kappa shape index (κ1) is 9.71. The van der Waals surface area contributed by atoms with Crippen molar-refractivity contribution in [2.24, 2.45) is 5.92 Å². The van der Waals surface area contributed by atoms with Gasteiger partial charge in [-0.05, 0) is 30.7 Å². The lowest BCUT2D eigenvalue weighted by molar-refractivity contribution is 0.0748. The average molecular weight is 209 g/mol. The Kier molecular flexibility index (Phi) is 2.59. The number of rotatable bonds is 1. The molecule has 3 heteroatoms. The molecule has 0 bridgehead atoms. The number of nitrogens with zero attached hydrogens (tertiary/aromatic N) is 1. The van der Waals surface area contributed by atoms with Crippen LogP contribution in [0.5, 0.6) is 0 Å². The minimum atomic E-state index is 0.205. The molecule has 2 heterocycles. The fourth-order valence-electron chi connectivity index (χ4n) is 2.12. The van der Waals surface area contributed by atoms with Crippen molar-refractivity contribution in [1.29, 1.82) is 0 Å². The van der Waals surface area contributed by atoms with Crippen molar-refractivity contribution in [2.75, 3.05) is 6.54 Å². The summed E-state index contributed by atoms with van der Waals surface area (Å²) in [7, 11) is 0. The standard InChI is InChI=1S/C11H15NOS/c1-8-6-9(2)12(7-8)11(13)10-4-3-5-14-10/h3-5,8-9H,6-7H2,1-2H3. The second-order valence-corrected chi connectivity index (χ2v) is 5.07. The van der Waals surface area contributed by atoms with Crippen molar-refractivity contribution < 1.29 is 4.79 Å². The quantitative estimate of drug-likeness (QED) is 0.696. The van der Waals surface area contributed by atoms with E-state index >= 15 is 0 Å². The Morgan fingerprint density at radius 1 is 1.57 bits per heavy atom. The minimum Gasteiger partial charge on any atom is -0.335 e. The summed E-state index contributed by atoms with van der Waals surface area (Å²) in [6.45, 7) is 5.26. The van der Waals surface area contributed by atoms with Crippen LogP contribution in [0.15, 0.2) is 17.5 Å². The maximum atomic E-state index is 12.0. The predicted octanol–water partition coefficient (Wildman–Crippen LogP) is 2.62. The van der Waals surface area contributed by atoms with Crippen LogP contribution in [0.3, 0.4) is 0 Å². The maximum Gasteiger partial charge on any atom is 0.264 e. The first-order chi connectivity index (χ1) is 6.68. The zero-order valence-corrected chi connectivity index (χ0v) is 9.38. The Bertz CT molecular complexity index is 320. The van der Waals surface area contributed by atoms with Gasteiger partial charge in [0, 0.05) is 12.6 Å². The van der Waals surface area contributed by atoms with Crippen LogP contribution in [-0.2, 0) is 0 Å². The third-order valence-corrected chi connectivity index (χ3v) is 3.63. The molecular weight excluding hydrogens is 194 g/mol. The maximum absolute atomic E-state index is 12.0. The normalized spacial score (nSPS) is 26.9. The van der Waals surface area contributed by atoms with Crippen molar-refractivity contribution in [1.82, 2.24) is 4.90 Å². The summed E-state index contributed by atoms with van der Waals surface area (Å²) < 4.78 is 0. The van der Waals surface area contributed by atoms with Gasteiger partial charge in [0.2, 0.25) is 0 Å². The summed E-state index contributed by atoms with van der Waals surface area (Å²) in [4.78, 5) is 14.9. The van der Waals surface area contributed by atoms with Gasteiger partial charge in [0.25, 0.3) is 5.91 Å². The van der Waals surface area contributed by atoms with Crippen LogP contribution in [-0.4, -0.2) is 23.4 Å². The molecule has 14 heavy (non-hydrogen) atoms. The van der Waals surface area contributed by atoms with E-state index in [2.05, 4.69) is 13.8 Å². The molecule has 1 aromatic heterocycles. The van der Waals surface area contributed by atoms with Crippen molar-refractivity contribution in [2.45, 2.75) is 26.3 Å². The van der Waals surface area contributed by atoms with E-state index < -0.39 is 0 Å². The molecule has 0 spiro atoms. The van der Waals surface area contributed by atoms with Gasteiger partial charge in [-0.15, -0.1) is 11.3 Å². The number of hydrogen-bond acceptors (Lipinski definition) is 2. The highest BCUT2D eigenvalue weighted by molar-refractivity contribution is 7.12. The molecule has 0 radical (unpaired) electrons. The van der Waals surface area contributed by atoms with Gasteiger partial charge in [0.05, 0.1) is 4.88 Å². The highest BCUT2D eigenvalue weighted by Crippen LogP contribution is 2.25. The summed E-state index contributed by atoms with van der Waals surface area (Å²) in [6, 6.07) is 4.24. The molecule has 1 aliphatic heterocycles. The van der Waals surface area contributed by atoms with E-state index in [9.17, 15) is 4.79 Å². The molecule has 1 amide bonds. The molecule has 0 aromatic carbocycles. The van der Waals surface area contributed by atoms with Crippen LogP contribution < -0.4 is 0 Å². The van der Waals surface area contributed by atoms with E-state index in [1.165, 1.54) is 11.3 Å². The van der Waals surface area contributed by atoms with E-state index in [1.54, 1.807) is 0 Å². The molecule has 2 unspecified atom stereocenters. The van der Waals surface area contributed by atoms with Gasteiger partial charge in [-0.1, -0.05) is 13.0 Å². The second kappa shape index (κ2) is 3.73. The van der Waals surface area contributed by atoms with Gasteiger partial charge < -0.3 is 4.90 Å². The number of hydrogen-bond donors (Lipinski definition) is 0. The number of carbonyl (C=O) groups excluding carboxylic acids is 1. The Morgan fingerprint density at radius 3 is 2.86 bits per heavy atom. The van der Waals surface area contributed by atoms with E-state index in [-0.39, 0.29) is 5.91 Å². The van der Waals surface area contributed by atoms with Crippen LogP contribution in [0.1, 0.15) is 29.9 Å². The van der Waals surface area contributed by atoms with Gasteiger partial charge in [0.1, 0.15) is 0 Å². The zero-order chi connectivity index (χ0) is 10.1. The molecule has 0 aliphatic carbocycles. The van der Waals surface area contributed by atoms with Crippen molar-refractivity contribution in [3.63, 3.8) is 0 Å². The average Bonchev–Trinajstić information content (AvgIpc) is 2.73. The highest BCUT2D eigenvalue weighted by Gasteiger charge is 2.30. The summed E-state index contributed by atoms with van der Waals surface area (Å²) >= 11 is 1.53. The molecule has 1 saturated heterocycles. The molecule has 0 saturated carbocycles. The van der Waals surface area contributed by atoms with Gasteiger partial charge in [-0.2, -0.15) is 0 Å². The van der Waals surface area contributed by atoms with E-state index in [1.807, 2.05) is 22.4 Å². The number of carbonyl (C=O) groups is 1. The monoisotopic (exact) mass is 209 g/mol. The van der Waals surface area contributed by atoms with E-state index in [0.717, 1.165) is 17.8 Å². The van der Waals surface area contributed by atoms with Crippen molar-refractivity contribution in [3.05, 3.63) is 22.4 Å². The van der Waals surface area contributed by atoms with Crippen LogP contribution >= 0.6 is 11.3 Å². The Hall–Kier alpha value is -0.830. The van der Waals surface area contributed by atoms with E-state index in [0.29, 0.717) is 12.0 Å². The molecule has 2 atom stereocenters. The summed E-state index contributed by atoms with van der Waals surface area (Å²) in [5.41, 5.74) is 0. The molecule has 1 aliphatic rings. The first-order valence-electron chi connectivity index (χ1n) is 5.03. The van der Waals surface area contributed by atoms with Gasteiger partial charge in [0.15, 0.2) is 0 Å². The number of likely N-dealkylation sites (tertiary alicyclic amines) is 1. The molecule has 1 fully saturated rings. The number of thiophene rings is 1. The van der Waals surface area contributed by atoms with Crippen LogP contribution in [0, 0.1) is 5.92 Å². The number of amides is 1. The summed E-state index contributed by atoms with van der Waals surface area (Å²) in [5.74, 6) is 0.853. The van der Waals surface area contributed by atoms with Gasteiger partial charge in [-0.3, -0.25) is 4.79 Å². The lowest BCUT2D eigenvalue weighted by Gasteiger charge is -2.20. The van der Waals surface area contributed by atoms with Gasteiger partial charge in [-0.25, -0.2) is 0 Å². The topological polar surface area (TPSA) is 20.3 Å². The third kappa shape index (κ3) is 1.69. The largest absolute Gasteiger partial charge is 0.335 e. The fraction of sp³-hybridized carbons (Fsp3) is 0.545. The molecule has 2 nitrogen and oxygen atoms in total. The Balaban J connectivity index is 2.13. The summed E-state index contributed by atoms with van der Waals surface area (Å²) in [6.07, 6.45) is 1.14. The van der Waals surface area contributed by atoms with Crippen LogP contribution in [0.4, 0.5) is 0 Å². The molecular formula is C11H15NOS. The summed E-state index contributed by atoms with van der Waals surface area (Å²) in [5, 5.41) is 1.96. The van der Waals surface area contributed by atoms with Crippen LogP contribution in [0.25, 0.3) is 0 Å². The molecule has 76 valence electrons. The second-order valence-electron chi connectivity index (χ2n) is 4.12. The lowest BCUT2D eigenvalue weighted by atomic mass is 10.1.